The number of benzene rings is 2. The van der Waals surface area contributed by atoms with E-state index in [1.54, 1.807) is 0 Å². The second-order valence-electron chi connectivity index (χ2n) is 25.8. The van der Waals surface area contributed by atoms with Crippen molar-refractivity contribution in [3.8, 4) is 0 Å². The van der Waals surface area contributed by atoms with E-state index in [1.165, 1.54) is 85.6 Å². The summed E-state index contributed by atoms with van der Waals surface area (Å²) in [4.78, 5) is 81.3. The molecule has 8 nitrogen and oxygen atoms in total. The third-order valence-electron chi connectivity index (χ3n) is 14.8. The van der Waals surface area contributed by atoms with Gasteiger partial charge in [0.1, 0.15) is 49.8 Å². The maximum absolute atomic E-state index is 10.5. The Morgan fingerprint density at radius 2 is 0.826 bits per heavy atom. The molecule has 1 aliphatic rings. The van der Waals surface area contributed by atoms with Crippen LogP contribution in [-0.4, -0.2) is 49.8 Å². The molecule has 0 amide bonds. The van der Waals surface area contributed by atoms with Crippen LogP contribution in [0.3, 0.4) is 0 Å². The average Bonchev–Trinajstić information content (AvgIpc) is 3.88. The van der Waals surface area contributed by atoms with E-state index in [4.69, 9.17) is 0 Å². The molecule has 2 aromatic rings. The Balaban J connectivity index is -0.000000293. The van der Waals surface area contributed by atoms with Crippen molar-refractivity contribution in [2.24, 2.45) is 47.3 Å². The number of Topliss-reactive ketones (excluding diaryl/α,β-unsaturated/α-hetero) is 1. The van der Waals surface area contributed by atoms with Crippen molar-refractivity contribution in [3.05, 3.63) is 107 Å². The molecular formula is C78H132O8. The smallest absolute Gasteiger partial charge is 0.133 e. The van der Waals surface area contributed by atoms with Crippen molar-refractivity contribution >= 4 is 49.8 Å². The van der Waals surface area contributed by atoms with E-state index in [0.717, 1.165) is 133 Å². The number of ketones is 1. The first kappa shape index (κ1) is 89.8. The molecule has 0 saturated heterocycles. The normalized spacial score (nSPS) is 14.4. The standard InChI is InChI=1S/C15H26O.C11H14O.C10H12O.C10H20O.C10H18O.2C8H16O.C6H10O/c1-13(2)7-5-8-14(3)9-6-10-15(4)11-12-16;1-10(7-8-12)9-11-5-3-2-4-6-11;1-9(7-8-11)10-5-3-2-4-6-10;2*1-9(2)5-4-6-10(3)7-8-11;2*1-3-4-5-8(2)6-7-9;1-5-2-3-6(7)4-5/h7,9,12,15H,5-6,8,10-11H2,1-4H3;2-6,8,10H,7,9H2,1H3;2-6,8-9H,7H2,1H3;8-10H,4-7H2,1-3H3;5,8,10H,4,6-7H2,1-3H3;2*7-8H,3-6H2,1-2H3;5H,2-4H2,1H3/b14-9+;;;;;;;. The Kier molecular flexibility index (Phi) is 70.5. The highest BCUT2D eigenvalue weighted by molar-refractivity contribution is 5.80. The zero-order chi connectivity index (χ0) is 66.2. The van der Waals surface area contributed by atoms with Crippen LogP contribution >= 0.6 is 0 Å². The largest absolute Gasteiger partial charge is 0.303 e. The summed E-state index contributed by atoms with van der Waals surface area (Å²) < 4.78 is 0. The summed E-state index contributed by atoms with van der Waals surface area (Å²) in [6, 6.07) is 20.3. The second kappa shape index (κ2) is 67.5. The lowest BCUT2D eigenvalue weighted by Gasteiger charge is -2.08. The van der Waals surface area contributed by atoms with Gasteiger partial charge in [0, 0.05) is 57.8 Å². The van der Waals surface area contributed by atoms with Crippen LogP contribution in [0.25, 0.3) is 0 Å². The molecule has 1 fully saturated rings. The van der Waals surface area contributed by atoms with E-state index in [1.807, 2.05) is 48.5 Å². The molecule has 0 heterocycles. The van der Waals surface area contributed by atoms with Crippen molar-refractivity contribution in [1.82, 2.24) is 0 Å². The third-order valence-corrected chi connectivity index (χ3v) is 14.8. The summed E-state index contributed by atoms with van der Waals surface area (Å²) >= 11 is 0. The summed E-state index contributed by atoms with van der Waals surface area (Å²) in [6.45, 7) is 36.5. The van der Waals surface area contributed by atoms with Gasteiger partial charge < -0.3 is 33.6 Å². The van der Waals surface area contributed by atoms with Gasteiger partial charge in [-0.25, -0.2) is 0 Å². The maximum atomic E-state index is 10.5. The Morgan fingerprint density at radius 3 is 1.17 bits per heavy atom. The Labute approximate surface area is 530 Å². The lowest BCUT2D eigenvalue weighted by molar-refractivity contribution is -0.117. The lowest BCUT2D eigenvalue weighted by atomic mass is 9.98. The molecule has 2 aromatic carbocycles. The van der Waals surface area contributed by atoms with Gasteiger partial charge in [0.15, 0.2) is 0 Å². The molecular weight excluding hydrogens is 1060 g/mol. The van der Waals surface area contributed by atoms with Crippen LogP contribution in [0.15, 0.2) is 95.6 Å². The molecule has 8 atom stereocenters. The summed E-state index contributed by atoms with van der Waals surface area (Å²) in [5.74, 6) is 5.61. The second-order valence-corrected chi connectivity index (χ2v) is 25.8. The minimum Gasteiger partial charge on any atom is -0.303 e. The van der Waals surface area contributed by atoms with Gasteiger partial charge in [0.25, 0.3) is 0 Å². The average molecular weight is 1200 g/mol. The lowest BCUT2D eigenvalue weighted by Crippen LogP contribution is -1.99. The van der Waals surface area contributed by atoms with Crippen molar-refractivity contribution in [3.63, 3.8) is 0 Å². The van der Waals surface area contributed by atoms with Crippen LogP contribution in [0.5, 0.6) is 0 Å². The summed E-state index contributed by atoms with van der Waals surface area (Å²) in [6.07, 6.45) is 40.5. The number of rotatable bonds is 36. The highest BCUT2D eigenvalue weighted by Crippen LogP contribution is 2.21. The van der Waals surface area contributed by atoms with Gasteiger partial charge in [-0.15, -0.1) is 0 Å². The number of carbonyl (C=O) groups is 8. The first-order valence-corrected chi connectivity index (χ1v) is 33.5. The van der Waals surface area contributed by atoms with Crippen LogP contribution in [0.2, 0.25) is 0 Å². The SMILES string of the molecule is CC(C)=CCC/C(C)=C/CCC(C)CC=O.CC(C)=CCCC(C)CC=O.CC(C)CCCC(C)CC=O.CC(CC=O)Cc1ccccc1.CC(CC=O)c1ccccc1.CC1CCC(=O)C1.CCCCC(C)CC=O.CCCCC(C)CC=O. The van der Waals surface area contributed by atoms with Crippen LogP contribution in [0, 0.1) is 47.3 Å². The Hall–Kier alpha value is -4.98. The van der Waals surface area contributed by atoms with Crippen molar-refractivity contribution in [2.45, 2.75) is 291 Å². The molecule has 0 bridgehead atoms. The third kappa shape index (κ3) is 73.3. The molecule has 8 unspecified atom stereocenters. The van der Waals surface area contributed by atoms with Gasteiger partial charge in [0.05, 0.1) is 0 Å². The van der Waals surface area contributed by atoms with Crippen LogP contribution in [-0.2, 0) is 44.8 Å². The van der Waals surface area contributed by atoms with E-state index in [0.29, 0.717) is 78.8 Å². The molecule has 492 valence electrons. The monoisotopic (exact) mass is 1200 g/mol. The number of aldehydes is 7. The quantitative estimate of drug-likeness (QED) is 0.0486. The van der Waals surface area contributed by atoms with E-state index in [2.05, 4.69) is 148 Å². The Morgan fingerprint density at radius 1 is 0.453 bits per heavy atom. The van der Waals surface area contributed by atoms with Gasteiger partial charge in [0.2, 0.25) is 0 Å². The van der Waals surface area contributed by atoms with Crippen molar-refractivity contribution in [2.75, 3.05) is 0 Å². The van der Waals surface area contributed by atoms with E-state index >= 15 is 0 Å². The van der Waals surface area contributed by atoms with Crippen molar-refractivity contribution < 1.29 is 38.4 Å². The van der Waals surface area contributed by atoms with Gasteiger partial charge in [-0.05, 0) is 150 Å². The first-order chi connectivity index (χ1) is 41.0. The summed E-state index contributed by atoms with van der Waals surface area (Å²) in [7, 11) is 0. The molecule has 0 N–H and O–H groups in total. The molecule has 0 aliphatic heterocycles. The fraction of sp³-hybridized carbons (Fsp3) is 0.667. The number of hydrogen-bond donors (Lipinski definition) is 0. The topological polar surface area (TPSA) is 137 Å². The number of carbonyl (C=O) groups excluding carboxylic acids is 8. The van der Waals surface area contributed by atoms with Crippen LogP contribution in [0.1, 0.15) is 295 Å². The van der Waals surface area contributed by atoms with E-state index in [-0.39, 0.29) is 0 Å². The molecule has 1 saturated carbocycles. The molecule has 0 spiro atoms. The minimum atomic E-state index is 0.355. The Bertz CT molecular complexity index is 1940. The van der Waals surface area contributed by atoms with Crippen molar-refractivity contribution in [1.29, 1.82) is 0 Å². The van der Waals surface area contributed by atoms with E-state index in [9.17, 15) is 38.4 Å². The molecule has 1 aliphatic carbocycles. The summed E-state index contributed by atoms with van der Waals surface area (Å²) in [5, 5.41) is 0. The fourth-order valence-corrected chi connectivity index (χ4v) is 8.68. The minimum absolute atomic E-state index is 0.355. The maximum Gasteiger partial charge on any atom is 0.133 e. The molecule has 0 radical (unpaired) electrons. The van der Waals surface area contributed by atoms with Gasteiger partial charge in [-0.3, -0.25) is 4.79 Å². The highest BCUT2D eigenvalue weighted by Gasteiger charge is 2.16. The van der Waals surface area contributed by atoms with Crippen LogP contribution < -0.4 is 0 Å². The number of allylic oxidation sites excluding steroid dienone is 6. The van der Waals surface area contributed by atoms with Gasteiger partial charge >= 0.3 is 0 Å². The first-order valence-electron chi connectivity index (χ1n) is 33.5. The molecule has 3 rings (SSSR count). The predicted octanol–water partition coefficient (Wildman–Crippen LogP) is 21.7. The molecule has 86 heavy (non-hydrogen) atoms. The van der Waals surface area contributed by atoms with Crippen LogP contribution in [0.4, 0.5) is 0 Å². The molecule has 0 aromatic heterocycles. The molecule has 8 heteroatoms. The zero-order valence-corrected chi connectivity index (χ0v) is 58.4. The van der Waals surface area contributed by atoms with Gasteiger partial charge in [-0.2, -0.15) is 0 Å². The summed E-state index contributed by atoms with van der Waals surface area (Å²) in [5.41, 5.74) is 6.78. The van der Waals surface area contributed by atoms with E-state index < -0.39 is 0 Å². The fourth-order valence-electron chi connectivity index (χ4n) is 8.68. The number of hydrogen-bond acceptors (Lipinski definition) is 8. The predicted molar refractivity (Wildman–Crippen MR) is 371 cm³/mol. The number of unbranched alkanes of at least 4 members (excludes halogenated alkanes) is 2. The zero-order valence-electron chi connectivity index (χ0n) is 58.4. The van der Waals surface area contributed by atoms with Gasteiger partial charge in [-0.1, -0.05) is 236 Å². The highest BCUT2D eigenvalue weighted by atomic mass is 16.1.